The molecule has 3 rings (SSSR count). The molecule has 1 fully saturated rings. The average molecular weight is 333 g/mol. The van der Waals surface area contributed by atoms with Crippen LogP contribution in [0, 0.1) is 0 Å². The van der Waals surface area contributed by atoms with Crippen LogP contribution in [0.1, 0.15) is 22.3 Å². The van der Waals surface area contributed by atoms with Gasteiger partial charge in [0.15, 0.2) is 0 Å². The highest BCUT2D eigenvalue weighted by Crippen LogP contribution is 2.21. The number of carbonyl (C=O) groups is 1. The maximum Gasteiger partial charge on any atom is 0.258 e. The summed E-state index contributed by atoms with van der Waals surface area (Å²) in [5, 5.41) is 4.43. The SMILES string of the molecule is CN(C(=O)c1cnn(C)c1Cl)C1CCN(Cc2ccccc2)C1. The van der Waals surface area contributed by atoms with E-state index in [1.165, 1.54) is 16.4 Å². The van der Waals surface area contributed by atoms with Crippen LogP contribution < -0.4 is 0 Å². The van der Waals surface area contributed by atoms with Gasteiger partial charge in [0.2, 0.25) is 0 Å². The van der Waals surface area contributed by atoms with Gasteiger partial charge >= 0.3 is 0 Å². The van der Waals surface area contributed by atoms with Gasteiger partial charge < -0.3 is 4.90 Å². The van der Waals surface area contributed by atoms with E-state index < -0.39 is 0 Å². The Balaban J connectivity index is 1.62. The number of likely N-dealkylation sites (N-methyl/N-ethyl adjacent to an activating group) is 1. The van der Waals surface area contributed by atoms with E-state index in [9.17, 15) is 4.79 Å². The number of amides is 1. The maximum atomic E-state index is 12.6. The number of nitrogens with zero attached hydrogens (tertiary/aromatic N) is 4. The van der Waals surface area contributed by atoms with Crippen molar-refractivity contribution in [1.82, 2.24) is 19.6 Å². The van der Waals surface area contributed by atoms with Crippen LogP contribution in [0.2, 0.25) is 5.15 Å². The molecule has 1 amide bonds. The monoisotopic (exact) mass is 332 g/mol. The summed E-state index contributed by atoms with van der Waals surface area (Å²) in [6.45, 7) is 2.81. The highest BCUT2D eigenvalue weighted by Gasteiger charge is 2.30. The molecule has 0 N–H and O–H groups in total. The molecule has 0 saturated carbocycles. The number of carbonyl (C=O) groups excluding carboxylic acids is 1. The Morgan fingerprint density at radius 3 is 2.78 bits per heavy atom. The quantitative estimate of drug-likeness (QED) is 0.863. The van der Waals surface area contributed by atoms with Gasteiger partial charge in [-0.25, -0.2) is 0 Å². The lowest BCUT2D eigenvalue weighted by molar-refractivity contribution is 0.0735. The number of likely N-dealkylation sites (tertiary alicyclic amines) is 1. The molecule has 1 saturated heterocycles. The zero-order valence-corrected chi connectivity index (χ0v) is 14.2. The van der Waals surface area contributed by atoms with Crippen molar-refractivity contribution in [2.24, 2.45) is 7.05 Å². The van der Waals surface area contributed by atoms with Gasteiger partial charge in [-0.1, -0.05) is 41.9 Å². The minimum Gasteiger partial charge on any atom is -0.337 e. The summed E-state index contributed by atoms with van der Waals surface area (Å²) in [6, 6.07) is 10.6. The van der Waals surface area contributed by atoms with Gasteiger partial charge in [0.05, 0.1) is 11.8 Å². The van der Waals surface area contributed by atoms with E-state index in [2.05, 4.69) is 34.3 Å². The number of benzene rings is 1. The predicted molar refractivity (Wildman–Crippen MR) is 90.4 cm³/mol. The highest BCUT2D eigenvalue weighted by atomic mass is 35.5. The van der Waals surface area contributed by atoms with Crippen LogP contribution in [0.3, 0.4) is 0 Å². The summed E-state index contributed by atoms with van der Waals surface area (Å²) >= 11 is 6.13. The van der Waals surface area contributed by atoms with Gasteiger partial charge in [0, 0.05) is 39.8 Å². The fraction of sp³-hybridized carbons (Fsp3) is 0.412. The molecular formula is C17H21ClN4O. The Bertz CT molecular complexity index is 685. The molecule has 1 aliphatic rings. The fourth-order valence-electron chi connectivity index (χ4n) is 3.04. The van der Waals surface area contributed by atoms with Crippen LogP contribution >= 0.6 is 11.6 Å². The van der Waals surface area contributed by atoms with E-state index in [1.54, 1.807) is 11.9 Å². The Hall–Kier alpha value is -1.85. The van der Waals surface area contributed by atoms with Crippen molar-refractivity contribution in [3.63, 3.8) is 0 Å². The Morgan fingerprint density at radius 2 is 2.13 bits per heavy atom. The number of halogens is 1. The Kier molecular flexibility index (Phi) is 4.68. The molecule has 2 aromatic rings. The first-order valence-electron chi connectivity index (χ1n) is 7.77. The van der Waals surface area contributed by atoms with E-state index in [-0.39, 0.29) is 11.9 Å². The zero-order valence-electron chi connectivity index (χ0n) is 13.4. The second-order valence-electron chi connectivity index (χ2n) is 6.05. The lowest BCUT2D eigenvalue weighted by Gasteiger charge is -2.24. The number of aryl methyl sites for hydroxylation is 1. The molecule has 0 bridgehead atoms. The number of hydrogen-bond donors (Lipinski definition) is 0. The summed E-state index contributed by atoms with van der Waals surface area (Å²) in [4.78, 5) is 16.8. The summed E-state index contributed by atoms with van der Waals surface area (Å²) in [6.07, 6.45) is 2.52. The maximum absolute atomic E-state index is 12.6. The van der Waals surface area contributed by atoms with E-state index in [0.29, 0.717) is 10.7 Å². The number of rotatable bonds is 4. The predicted octanol–water partition coefficient (Wildman–Crippen LogP) is 2.42. The smallest absolute Gasteiger partial charge is 0.258 e. The third-order valence-corrected chi connectivity index (χ3v) is 4.91. The van der Waals surface area contributed by atoms with E-state index in [0.717, 1.165) is 26.1 Å². The summed E-state index contributed by atoms with van der Waals surface area (Å²) in [5.41, 5.74) is 1.77. The Morgan fingerprint density at radius 1 is 1.39 bits per heavy atom. The third-order valence-electron chi connectivity index (χ3n) is 4.46. The van der Waals surface area contributed by atoms with Crippen molar-refractivity contribution in [2.75, 3.05) is 20.1 Å². The average Bonchev–Trinajstić information content (AvgIpc) is 3.15. The molecule has 0 radical (unpaired) electrons. The van der Waals surface area contributed by atoms with E-state index >= 15 is 0 Å². The first kappa shape index (κ1) is 16.0. The molecule has 23 heavy (non-hydrogen) atoms. The Labute approximate surface area is 141 Å². The lowest BCUT2D eigenvalue weighted by Crippen LogP contribution is -2.39. The fourth-order valence-corrected chi connectivity index (χ4v) is 3.21. The minimum absolute atomic E-state index is 0.0605. The summed E-state index contributed by atoms with van der Waals surface area (Å²) in [5.74, 6) is -0.0605. The van der Waals surface area contributed by atoms with Crippen molar-refractivity contribution in [3.8, 4) is 0 Å². The number of hydrogen-bond acceptors (Lipinski definition) is 3. The zero-order chi connectivity index (χ0) is 16.4. The van der Waals surface area contributed by atoms with Gasteiger partial charge in [0.1, 0.15) is 5.15 Å². The first-order chi connectivity index (χ1) is 11.1. The van der Waals surface area contributed by atoms with E-state index in [4.69, 9.17) is 11.6 Å². The molecule has 1 aromatic heterocycles. The molecule has 1 unspecified atom stereocenters. The molecule has 1 aliphatic heterocycles. The molecule has 0 spiro atoms. The van der Waals surface area contributed by atoms with Crippen molar-refractivity contribution in [1.29, 1.82) is 0 Å². The van der Waals surface area contributed by atoms with Gasteiger partial charge in [-0.2, -0.15) is 5.10 Å². The van der Waals surface area contributed by atoms with Gasteiger partial charge in [0.25, 0.3) is 5.91 Å². The molecule has 1 atom stereocenters. The van der Waals surface area contributed by atoms with Crippen LogP contribution in [-0.4, -0.2) is 51.7 Å². The molecule has 5 nitrogen and oxygen atoms in total. The molecular weight excluding hydrogens is 312 g/mol. The van der Waals surface area contributed by atoms with E-state index in [1.807, 2.05) is 13.1 Å². The molecule has 0 aliphatic carbocycles. The van der Waals surface area contributed by atoms with Crippen molar-refractivity contribution >= 4 is 17.5 Å². The molecule has 2 heterocycles. The van der Waals surface area contributed by atoms with Gasteiger partial charge in [-0.05, 0) is 12.0 Å². The summed E-state index contributed by atoms with van der Waals surface area (Å²) < 4.78 is 1.51. The normalized spacial score (nSPS) is 18.3. The number of aromatic nitrogens is 2. The van der Waals surface area contributed by atoms with Crippen molar-refractivity contribution < 1.29 is 4.79 Å². The molecule has 122 valence electrons. The van der Waals surface area contributed by atoms with Crippen LogP contribution in [0.4, 0.5) is 0 Å². The van der Waals surface area contributed by atoms with Gasteiger partial charge in [-0.15, -0.1) is 0 Å². The van der Waals surface area contributed by atoms with Crippen molar-refractivity contribution in [3.05, 3.63) is 52.8 Å². The van der Waals surface area contributed by atoms with Crippen LogP contribution in [0.5, 0.6) is 0 Å². The topological polar surface area (TPSA) is 41.4 Å². The second-order valence-corrected chi connectivity index (χ2v) is 6.41. The van der Waals surface area contributed by atoms with Crippen LogP contribution in [-0.2, 0) is 13.6 Å². The third kappa shape index (κ3) is 3.41. The first-order valence-corrected chi connectivity index (χ1v) is 8.15. The molecule has 1 aromatic carbocycles. The van der Waals surface area contributed by atoms with Crippen LogP contribution in [0.25, 0.3) is 0 Å². The summed E-state index contributed by atoms with van der Waals surface area (Å²) in [7, 11) is 3.58. The van der Waals surface area contributed by atoms with Crippen LogP contribution in [0.15, 0.2) is 36.5 Å². The van der Waals surface area contributed by atoms with Crippen molar-refractivity contribution in [2.45, 2.75) is 19.0 Å². The second kappa shape index (κ2) is 6.72. The standard InChI is InChI=1S/C17H21ClN4O/c1-20(17(23)15-10-19-21(2)16(15)18)14-8-9-22(12-14)11-13-6-4-3-5-7-13/h3-7,10,14H,8-9,11-12H2,1-2H3. The molecule has 6 heteroatoms. The largest absolute Gasteiger partial charge is 0.337 e. The lowest BCUT2D eigenvalue weighted by atomic mass is 10.2. The minimum atomic E-state index is -0.0605. The highest BCUT2D eigenvalue weighted by molar-refractivity contribution is 6.32. The van der Waals surface area contributed by atoms with Gasteiger partial charge in [-0.3, -0.25) is 14.4 Å².